The van der Waals surface area contributed by atoms with Crippen LogP contribution < -0.4 is 0 Å². The maximum Gasteiger partial charge on any atom is 0.160 e. The van der Waals surface area contributed by atoms with Gasteiger partial charge in [0.1, 0.15) is 0 Å². The molecule has 294 valence electrons. The Morgan fingerprint density at radius 2 is 0.794 bits per heavy atom. The van der Waals surface area contributed by atoms with Gasteiger partial charge in [-0.2, -0.15) is 0 Å². The molecule has 0 saturated heterocycles. The van der Waals surface area contributed by atoms with Crippen LogP contribution in [0.3, 0.4) is 0 Å². The van der Waals surface area contributed by atoms with Crippen LogP contribution in [0, 0.1) is 0 Å². The molecule has 13 aromatic rings. The molecule has 0 aliphatic rings. The summed E-state index contributed by atoms with van der Waals surface area (Å²) in [6.45, 7) is 0. The lowest BCUT2D eigenvalue weighted by atomic mass is 10.0. The van der Waals surface area contributed by atoms with Crippen molar-refractivity contribution >= 4 is 65.4 Å². The largest absolute Gasteiger partial charge is 0.309 e. The summed E-state index contributed by atoms with van der Waals surface area (Å²) < 4.78 is 7.38. The molecule has 0 aliphatic heterocycles. The summed E-state index contributed by atoms with van der Waals surface area (Å²) in [6.07, 6.45) is 0. The smallest absolute Gasteiger partial charge is 0.160 e. The highest BCUT2D eigenvalue weighted by molar-refractivity contribution is 6.26. The molecule has 5 nitrogen and oxygen atoms in total. The molecule has 0 spiro atoms. The summed E-state index contributed by atoms with van der Waals surface area (Å²) in [5, 5.41) is 7.25. The second-order valence-electron chi connectivity index (χ2n) is 16.2. The van der Waals surface area contributed by atoms with E-state index in [0.717, 1.165) is 72.6 Å². The van der Waals surface area contributed by atoms with E-state index in [-0.39, 0.29) is 0 Å². The number of aromatic nitrogens is 5. The molecule has 0 radical (unpaired) electrons. The van der Waals surface area contributed by atoms with Crippen LogP contribution in [0.5, 0.6) is 0 Å². The summed E-state index contributed by atoms with van der Waals surface area (Å²) in [7, 11) is 0. The van der Waals surface area contributed by atoms with E-state index in [1.165, 1.54) is 38.0 Å². The predicted octanol–water partition coefficient (Wildman–Crippen LogP) is 14.8. The van der Waals surface area contributed by atoms with E-state index >= 15 is 0 Å². The van der Waals surface area contributed by atoms with Crippen LogP contribution in [0.15, 0.2) is 224 Å². The monoisotopic (exact) mass is 803 g/mol. The van der Waals surface area contributed by atoms with Gasteiger partial charge in [-0.1, -0.05) is 158 Å². The Morgan fingerprint density at radius 3 is 1.49 bits per heavy atom. The first-order valence-electron chi connectivity index (χ1n) is 21.4. The standard InChI is InChI=1S/C58H37N5/c1-5-18-38(19-6-1)48-37-49(60-58(59-48)39-20-7-2-8-21-39)40-32-34-52-47(36-40)44-28-17-31-54(56(44)61(52)41-22-9-3-10-23-41)63-51-30-16-14-27-46(51)55-53(63)35-33-45-43-26-13-15-29-50(43)62(57(45)55)42-24-11-4-12-25-42/h1-37H. The molecular weight excluding hydrogens is 767 g/mol. The molecule has 0 bridgehead atoms. The van der Waals surface area contributed by atoms with Crippen LogP contribution in [-0.4, -0.2) is 23.7 Å². The van der Waals surface area contributed by atoms with Gasteiger partial charge in [0.2, 0.25) is 0 Å². The molecule has 4 aromatic heterocycles. The normalized spacial score (nSPS) is 11.8. The second kappa shape index (κ2) is 14.0. The fraction of sp³-hybridized carbons (Fsp3) is 0. The Balaban J connectivity index is 1.11. The lowest BCUT2D eigenvalue weighted by molar-refractivity contribution is 1.13. The molecule has 4 heterocycles. The van der Waals surface area contributed by atoms with Gasteiger partial charge in [0.15, 0.2) is 5.82 Å². The van der Waals surface area contributed by atoms with Gasteiger partial charge in [-0.15, -0.1) is 0 Å². The van der Waals surface area contributed by atoms with Gasteiger partial charge < -0.3 is 13.7 Å². The van der Waals surface area contributed by atoms with Gasteiger partial charge in [0, 0.05) is 60.4 Å². The molecule has 0 aliphatic carbocycles. The Bertz CT molecular complexity index is 3820. The van der Waals surface area contributed by atoms with Crippen molar-refractivity contribution in [2.45, 2.75) is 0 Å². The maximum absolute atomic E-state index is 5.22. The average molecular weight is 804 g/mol. The second-order valence-corrected chi connectivity index (χ2v) is 16.2. The Hall–Kier alpha value is -8.54. The number of hydrogen-bond donors (Lipinski definition) is 0. The summed E-state index contributed by atoms with van der Waals surface area (Å²) in [5.74, 6) is 0.702. The molecule has 0 unspecified atom stereocenters. The zero-order valence-corrected chi connectivity index (χ0v) is 34.1. The predicted molar refractivity (Wildman–Crippen MR) is 261 cm³/mol. The van der Waals surface area contributed by atoms with Crippen LogP contribution >= 0.6 is 0 Å². The van der Waals surface area contributed by atoms with Gasteiger partial charge >= 0.3 is 0 Å². The molecule has 13 rings (SSSR count). The van der Waals surface area contributed by atoms with Gasteiger partial charge in [-0.25, -0.2) is 9.97 Å². The minimum absolute atomic E-state index is 0.702. The third-order valence-electron chi connectivity index (χ3n) is 12.6. The van der Waals surface area contributed by atoms with Crippen molar-refractivity contribution in [2.24, 2.45) is 0 Å². The number of benzene rings is 9. The Labute approximate surface area is 363 Å². The van der Waals surface area contributed by atoms with Crippen molar-refractivity contribution in [3.8, 4) is 51.0 Å². The number of hydrogen-bond acceptors (Lipinski definition) is 2. The van der Waals surface area contributed by atoms with Crippen molar-refractivity contribution in [1.82, 2.24) is 23.7 Å². The molecule has 0 fully saturated rings. The van der Waals surface area contributed by atoms with Crippen LogP contribution in [0.25, 0.3) is 116 Å². The maximum atomic E-state index is 5.22. The summed E-state index contributed by atoms with van der Waals surface area (Å²) in [6, 6.07) is 80.2. The molecule has 63 heavy (non-hydrogen) atoms. The first-order valence-corrected chi connectivity index (χ1v) is 21.4. The topological polar surface area (TPSA) is 40.6 Å². The minimum atomic E-state index is 0.702. The van der Waals surface area contributed by atoms with Crippen molar-refractivity contribution in [1.29, 1.82) is 0 Å². The van der Waals surface area contributed by atoms with Crippen LogP contribution in [0.2, 0.25) is 0 Å². The van der Waals surface area contributed by atoms with E-state index in [4.69, 9.17) is 9.97 Å². The number of para-hydroxylation sites is 5. The average Bonchev–Trinajstić information content (AvgIpc) is 4.00. The van der Waals surface area contributed by atoms with E-state index in [1.807, 2.05) is 24.3 Å². The van der Waals surface area contributed by atoms with Crippen molar-refractivity contribution in [3.63, 3.8) is 0 Å². The zero-order chi connectivity index (χ0) is 41.4. The van der Waals surface area contributed by atoms with E-state index in [1.54, 1.807) is 0 Å². The van der Waals surface area contributed by atoms with Crippen molar-refractivity contribution < 1.29 is 0 Å². The van der Waals surface area contributed by atoms with Crippen molar-refractivity contribution in [3.05, 3.63) is 224 Å². The number of fused-ring (bicyclic) bond motifs is 10. The first-order chi connectivity index (χ1) is 31.3. The highest BCUT2D eigenvalue weighted by Crippen LogP contribution is 2.45. The molecule has 5 heteroatoms. The first kappa shape index (κ1) is 35.2. The third kappa shape index (κ3) is 5.43. The van der Waals surface area contributed by atoms with E-state index in [9.17, 15) is 0 Å². The zero-order valence-electron chi connectivity index (χ0n) is 34.1. The van der Waals surface area contributed by atoms with Crippen LogP contribution in [0.1, 0.15) is 0 Å². The van der Waals surface area contributed by atoms with Gasteiger partial charge in [0.05, 0.1) is 50.2 Å². The van der Waals surface area contributed by atoms with Gasteiger partial charge in [0.25, 0.3) is 0 Å². The van der Waals surface area contributed by atoms with E-state index < -0.39 is 0 Å². The summed E-state index contributed by atoms with van der Waals surface area (Å²) >= 11 is 0. The fourth-order valence-electron chi connectivity index (χ4n) is 9.92. The van der Waals surface area contributed by atoms with Crippen LogP contribution in [-0.2, 0) is 0 Å². The molecule has 0 N–H and O–H groups in total. The molecule has 0 atom stereocenters. The lowest BCUT2D eigenvalue weighted by Gasteiger charge is -2.14. The van der Waals surface area contributed by atoms with Gasteiger partial charge in [-0.05, 0) is 66.7 Å². The van der Waals surface area contributed by atoms with Gasteiger partial charge in [-0.3, -0.25) is 0 Å². The molecule has 0 amide bonds. The number of nitrogens with zero attached hydrogens (tertiary/aromatic N) is 5. The molecule has 0 saturated carbocycles. The molecular formula is C58H37N5. The SMILES string of the molecule is c1ccc(-c2cc(-c3ccc4c(c3)c3cccc(-n5c6ccccc6c6c5ccc5c7ccccc7n(-c7ccccc7)c56)c3n4-c3ccccc3)nc(-c3ccccc3)n2)cc1. The van der Waals surface area contributed by atoms with E-state index in [0.29, 0.717) is 5.82 Å². The minimum Gasteiger partial charge on any atom is -0.309 e. The molecule has 9 aromatic carbocycles. The summed E-state index contributed by atoms with van der Waals surface area (Å²) in [4.78, 5) is 10.3. The highest BCUT2D eigenvalue weighted by atomic mass is 15.1. The van der Waals surface area contributed by atoms with E-state index in [2.05, 4.69) is 214 Å². The summed E-state index contributed by atoms with van der Waals surface area (Å²) in [5.41, 5.74) is 15.2. The Kier molecular flexibility index (Phi) is 7.84. The Morgan fingerprint density at radius 1 is 0.286 bits per heavy atom. The quantitative estimate of drug-likeness (QED) is 0.168. The number of rotatable bonds is 6. The lowest BCUT2D eigenvalue weighted by Crippen LogP contribution is -2.00. The van der Waals surface area contributed by atoms with Crippen LogP contribution in [0.4, 0.5) is 0 Å². The fourth-order valence-corrected chi connectivity index (χ4v) is 9.92. The highest BCUT2D eigenvalue weighted by Gasteiger charge is 2.24. The third-order valence-corrected chi connectivity index (χ3v) is 12.6. The van der Waals surface area contributed by atoms with Crippen molar-refractivity contribution in [2.75, 3.05) is 0 Å².